The van der Waals surface area contributed by atoms with Crippen molar-refractivity contribution in [1.82, 2.24) is 4.90 Å². The average molecular weight is 267 g/mol. The maximum absolute atomic E-state index is 12.7. The average Bonchev–Trinajstić information content (AvgIpc) is 2.86. The van der Waals surface area contributed by atoms with E-state index in [4.69, 9.17) is 4.74 Å². The Hall–Kier alpha value is -1.13. The molecule has 0 aromatic heterocycles. The zero-order valence-electron chi connectivity index (χ0n) is 11.4. The number of benzene rings is 1. The SMILES string of the molecule is CC(O)C1CCN(CCCOc2ccc(F)cc2)C1. The molecule has 0 saturated carbocycles. The molecule has 0 aliphatic carbocycles. The molecule has 2 atom stereocenters. The normalized spacial score (nSPS) is 21.5. The number of nitrogens with zero attached hydrogens (tertiary/aromatic N) is 1. The van der Waals surface area contributed by atoms with Crippen LogP contribution < -0.4 is 4.74 Å². The second kappa shape index (κ2) is 6.87. The standard InChI is InChI=1S/C15H22FNO2/c1-12(18)13-7-9-17(11-13)8-2-10-19-15-5-3-14(16)4-6-15/h3-6,12-13,18H,2,7-11H2,1H3. The summed E-state index contributed by atoms with van der Waals surface area (Å²) in [6.45, 7) is 5.54. The van der Waals surface area contributed by atoms with Gasteiger partial charge < -0.3 is 14.7 Å². The molecule has 19 heavy (non-hydrogen) atoms. The Kier molecular flexibility index (Phi) is 5.16. The zero-order valence-corrected chi connectivity index (χ0v) is 11.4. The van der Waals surface area contributed by atoms with Gasteiger partial charge in [0.2, 0.25) is 0 Å². The summed E-state index contributed by atoms with van der Waals surface area (Å²) in [6, 6.07) is 6.11. The second-order valence-electron chi connectivity index (χ2n) is 5.25. The monoisotopic (exact) mass is 267 g/mol. The zero-order chi connectivity index (χ0) is 13.7. The molecule has 1 saturated heterocycles. The van der Waals surface area contributed by atoms with Crippen LogP contribution in [0.2, 0.25) is 0 Å². The summed E-state index contributed by atoms with van der Waals surface area (Å²) in [5, 5.41) is 9.53. The molecule has 2 unspecified atom stereocenters. The third kappa shape index (κ3) is 4.48. The molecule has 0 amide bonds. The Balaban J connectivity index is 1.61. The van der Waals surface area contributed by atoms with Gasteiger partial charge in [0.05, 0.1) is 12.7 Å². The minimum absolute atomic E-state index is 0.208. The van der Waals surface area contributed by atoms with Crippen molar-refractivity contribution in [2.24, 2.45) is 5.92 Å². The molecular formula is C15H22FNO2. The van der Waals surface area contributed by atoms with Gasteiger partial charge in [0.25, 0.3) is 0 Å². The number of aliphatic hydroxyl groups is 1. The quantitative estimate of drug-likeness (QED) is 0.803. The third-order valence-corrected chi connectivity index (χ3v) is 3.69. The van der Waals surface area contributed by atoms with Gasteiger partial charge in [-0.3, -0.25) is 0 Å². The van der Waals surface area contributed by atoms with E-state index in [0.717, 1.165) is 32.5 Å². The van der Waals surface area contributed by atoms with Crippen molar-refractivity contribution >= 4 is 0 Å². The predicted octanol–water partition coefficient (Wildman–Crippen LogP) is 2.30. The van der Waals surface area contributed by atoms with Crippen LogP contribution in [0, 0.1) is 11.7 Å². The molecule has 106 valence electrons. The first-order valence-electron chi connectivity index (χ1n) is 6.94. The molecule has 1 aliphatic rings. The van der Waals surface area contributed by atoms with Crippen LogP contribution in [0.5, 0.6) is 5.75 Å². The van der Waals surface area contributed by atoms with Gasteiger partial charge in [-0.05, 0) is 56.5 Å². The highest BCUT2D eigenvalue weighted by Gasteiger charge is 2.25. The van der Waals surface area contributed by atoms with E-state index in [0.29, 0.717) is 18.3 Å². The van der Waals surface area contributed by atoms with Crippen molar-refractivity contribution < 1.29 is 14.2 Å². The van der Waals surface area contributed by atoms with E-state index in [-0.39, 0.29) is 11.9 Å². The van der Waals surface area contributed by atoms with E-state index in [9.17, 15) is 9.50 Å². The van der Waals surface area contributed by atoms with Gasteiger partial charge >= 0.3 is 0 Å². The van der Waals surface area contributed by atoms with Crippen LogP contribution in [0.25, 0.3) is 0 Å². The molecule has 2 rings (SSSR count). The van der Waals surface area contributed by atoms with Crippen molar-refractivity contribution in [1.29, 1.82) is 0 Å². The molecular weight excluding hydrogens is 245 g/mol. The Bertz CT molecular complexity index is 380. The molecule has 0 bridgehead atoms. The van der Waals surface area contributed by atoms with Crippen molar-refractivity contribution in [3.8, 4) is 5.75 Å². The predicted molar refractivity (Wildman–Crippen MR) is 72.7 cm³/mol. The molecule has 1 fully saturated rings. The van der Waals surface area contributed by atoms with Crippen molar-refractivity contribution in [3.05, 3.63) is 30.1 Å². The van der Waals surface area contributed by atoms with Gasteiger partial charge in [-0.1, -0.05) is 0 Å². The van der Waals surface area contributed by atoms with Crippen LogP contribution >= 0.6 is 0 Å². The lowest BCUT2D eigenvalue weighted by Crippen LogP contribution is -2.26. The Labute approximate surface area is 114 Å². The fourth-order valence-corrected chi connectivity index (χ4v) is 2.47. The first-order chi connectivity index (χ1) is 9.15. The topological polar surface area (TPSA) is 32.7 Å². The number of rotatable bonds is 6. The van der Waals surface area contributed by atoms with Crippen LogP contribution in [-0.4, -0.2) is 42.4 Å². The number of halogens is 1. The van der Waals surface area contributed by atoms with E-state index in [1.165, 1.54) is 12.1 Å². The van der Waals surface area contributed by atoms with E-state index in [2.05, 4.69) is 4.90 Å². The maximum Gasteiger partial charge on any atom is 0.123 e. The largest absolute Gasteiger partial charge is 0.494 e. The summed E-state index contributed by atoms with van der Waals surface area (Å²) in [6.07, 6.45) is 1.82. The smallest absolute Gasteiger partial charge is 0.123 e. The third-order valence-electron chi connectivity index (χ3n) is 3.69. The van der Waals surface area contributed by atoms with Gasteiger partial charge in [0.1, 0.15) is 11.6 Å². The van der Waals surface area contributed by atoms with Gasteiger partial charge in [0, 0.05) is 13.1 Å². The Morgan fingerprint density at radius 1 is 1.42 bits per heavy atom. The lowest BCUT2D eigenvalue weighted by atomic mass is 10.0. The van der Waals surface area contributed by atoms with Crippen LogP contribution in [0.1, 0.15) is 19.8 Å². The highest BCUT2D eigenvalue weighted by atomic mass is 19.1. The fraction of sp³-hybridized carbons (Fsp3) is 0.600. The lowest BCUT2D eigenvalue weighted by molar-refractivity contribution is 0.127. The van der Waals surface area contributed by atoms with E-state index in [1.807, 2.05) is 6.92 Å². The summed E-state index contributed by atoms with van der Waals surface area (Å²) in [4.78, 5) is 2.37. The summed E-state index contributed by atoms with van der Waals surface area (Å²) in [5.74, 6) is 0.885. The molecule has 1 aliphatic heterocycles. The van der Waals surface area contributed by atoms with Crippen LogP contribution in [-0.2, 0) is 0 Å². The molecule has 0 radical (unpaired) electrons. The first kappa shape index (κ1) is 14.3. The highest BCUT2D eigenvalue weighted by Crippen LogP contribution is 2.19. The van der Waals surface area contributed by atoms with Crippen molar-refractivity contribution in [3.63, 3.8) is 0 Å². The molecule has 1 aromatic carbocycles. The van der Waals surface area contributed by atoms with Crippen molar-refractivity contribution in [2.45, 2.75) is 25.9 Å². The summed E-state index contributed by atoms with van der Waals surface area (Å²) in [7, 11) is 0. The van der Waals surface area contributed by atoms with E-state index in [1.54, 1.807) is 12.1 Å². The Morgan fingerprint density at radius 2 is 2.16 bits per heavy atom. The molecule has 0 spiro atoms. The molecule has 1 N–H and O–H groups in total. The van der Waals surface area contributed by atoms with Gasteiger partial charge in [-0.15, -0.1) is 0 Å². The van der Waals surface area contributed by atoms with Crippen LogP contribution in [0.4, 0.5) is 4.39 Å². The summed E-state index contributed by atoms with van der Waals surface area (Å²) >= 11 is 0. The number of ether oxygens (including phenoxy) is 1. The summed E-state index contributed by atoms with van der Waals surface area (Å²) < 4.78 is 18.3. The van der Waals surface area contributed by atoms with Gasteiger partial charge in [-0.25, -0.2) is 4.39 Å². The molecule has 1 heterocycles. The van der Waals surface area contributed by atoms with Crippen molar-refractivity contribution in [2.75, 3.05) is 26.2 Å². The summed E-state index contributed by atoms with van der Waals surface area (Å²) in [5.41, 5.74) is 0. The number of hydrogen-bond acceptors (Lipinski definition) is 3. The first-order valence-corrected chi connectivity index (χ1v) is 6.94. The number of aliphatic hydroxyl groups excluding tert-OH is 1. The molecule has 4 heteroatoms. The number of hydrogen-bond donors (Lipinski definition) is 1. The fourth-order valence-electron chi connectivity index (χ4n) is 2.47. The van der Waals surface area contributed by atoms with Gasteiger partial charge in [-0.2, -0.15) is 0 Å². The van der Waals surface area contributed by atoms with E-state index < -0.39 is 0 Å². The van der Waals surface area contributed by atoms with Crippen LogP contribution in [0.3, 0.4) is 0 Å². The number of likely N-dealkylation sites (tertiary alicyclic amines) is 1. The molecule has 1 aromatic rings. The minimum Gasteiger partial charge on any atom is -0.494 e. The van der Waals surface area contributed by atoms with Crippen LogP contribution in [0.15, 0.2) is 24.3 Å². The lowest BCUT2D eigenvalue weighted by Gasteiger charge is -2.17. The Morgan fingerprint density at radius 3 is 2.79 bits per heavy atom. The minimum atomic E-state index is -0.242. The highest BCUT2D eigenvalue weighted by molar-refractivity contribution is 5.21. The second-order valence-corrected chi connectivity index (χ2v) is 5.25. The van der Waals surface area contributed by atoms with Gasteiger partial charge in [0.15, 0.2) is 0 Å². The van der Waals surface area contributed by atoms with E-state index >= 15 is 0 Å². The molecule has 3 nitrogen and oxygen atoms in total. The maximum atomic E-state index is 12.7.